The minimum absolute atomic E-state index is 0.210. The minimum atomic E-state index is -2.89. The molecule has 104 valence electrons. The fraction of sp³-hybridized carbons (Fsp3) is 0.417. The molecule has 4 nitrogen and oxygen atoms in total. The SMILES string of the molecule is NC(=S)c1ccc(N2CCCS(=O)(=O)CC2)cc1Br. The van der Waals surface area contributed by atoms with E-state index in [-0.39, 0.29) is 11.5 Å². The Bertz CT molecular complexity index is 602. The predicted octanol–water partition coefficient (Wildman–Crippen LogP) is 1.71. The molecule has 19 heavy (non-hydrogen) atoms. The van der Waals surface area contributed by atoms with Gasteiger partial charge in [-0.1, -0.05) is 12.2 Å². The zero-order chi connectivity index (χ0) is 14.0. The summed E-state index contributed by atoms with van der Waals surface area (Å²) in [5.41, 5.74) is 7.39. The number of halogens is 1. The van der Waals surface area contributed by atoms with Gasteiger partial charge in [0.25, 0.3) is 0 Å². The van der Waals surface area contributed by atoms with Crippen LogP contribution >= 0.6 is 28.1 Å². The topological polar surface area (TPSA) is 63.4 Å². The second-order valence-electron chi connectivity index (χ2n) is 4.52. The number of nitrogens with zero attached hydrogens (tertiary/aromatic N) is 1. The van der Waals surface area contributed by atoms with Crippen molar-refractivity contribution in [2.75, 3.05) is 29.5 Å². The maximum Gasteiger partial charge on any atom is 0.152 e. The Morgan fingerprint density at radius 1 is 1.32 bits per heavy atom. The number of anilines is 1. The number of hydrogen-bond donors (Lipinski definition) is 1. The van der Waals surface area contributed by atoms with Gasteiger partial charge in [0.2, 0.25) is 0 Å². The molecule has 1 heterocycles. The molecule has 0 unspecified atom stereocenters. The van der Waals surface area contributed by atoms with Crippen LogP contribution in [0.5, 0.6) is 0 Å². The smallest absolute Gasteiger partial charge is 0.152 e. The van der Waals surface area contributed by atoms with Gasteiger partial charge in [-0.05, 0) is 40.5 Å². The van der Waals surface area contributed by atoms with Crippen molar-refractivity contribution in [3.8, 4) is 0 Å². The van der Waals surface area contributed by atoms with Crippen molar-refractivity contribution in [3.63, 3.8) is 0 Å². The Kier molecular flexibility index (Phi) is 4.47. The van der Waals surface area contributed by atoms with E-state index in [1.54, 1.807) is 0 Å². The molecule has 1 aromatic rings. The quantitative estimate of drug-likeness (QED) is 0.811. The molecular formula is C12H15BrN2O2S2. The summed E-state index contributed by atoms with van der Waals surface area (Å²) in [4.78, 5) is 2.43. The fourth-order valence-corrected chi connectivity index (χ4v) is 4.26. The summed E-state index contributed by atoms with van der Waals surface area (Å²) in [5, 5.41) is 0. The van der Waals surface area contributed by atoms with Gasteiger partial charge < -0.3 is 10.6 Å². The van der Waals surface area contributed by atoms with Crippen LogP contribution in [0.15, 0.2) is 22.7 Å². The largest absolute Gasteiger partial charge is 0.389 e. The van der Waals surface area contributed by atoms with Crippen LogP contribution in [-0.2, 0) is 9.84 Å². The summed E-state index contributed by atoms with van der Waals surface area (Å²) < 4.78 is 24.0. The summed E-state index contributed by atoms with van der Waals surface area (Å²) in [7, 11) is -2.89. The van der Waals surface area contributed by atoms with Crippen LogP contribution in [0.3, 0.4) is 0 Å². The van der Waals surface area contributed by atoms with E-state index >= 15 is 0 Å². The number of nitrogens with two attached hydrogens (primary N) is 1. The highest BCUT2D eigenvalue weighted by molar-refractivity contribution is 9.10. The third-order valence-corrected chi connectivity index (χ3v) is 5.73. The van der Waals surface area contributed by atoms with Crippen molar-refractivity contribution < 1.29 is 8.42 Å². The molecule has 1 saturated heterocycles. The third kappa shape index (κ3) is 3.67. The normalized spacial score (nSPS) is 18.9. The number of thiocarbonyl (C=S) groups is 1. The number of hydrogen-bond acceptors (Lipinski definition) is 4. The minimum Gasteiger partial charge on any atom is -0.389 e. The van der Waals surface area contributed by atoms with Crippen LogP contribution in [0.2, 0.25) is 0 Å². The van der Waals surface area contributed by atoms with Crippen molar-refractivity contribution >= 4 is 48.7 Å². The first-order valence-corrected chi connectivity index (χ1v) is 8.96. The van der Waals surface area contributed by atoms with Gasteiger partial charge >= 0.3 is 0 Å². The molecule has 0 saturated carbocycles. The molecule has 1 aliphatic heterocycles. The van der Waals surface area contributed by atoms with Gasteiger partial charge in [-0.3, -0.25) is 0 Å². The lowest BCUT2D eigenvalue weighted by Gasteiger charge is -2.22. The van der Waals surface area contributed by atoms with Crippen LogP contribution < -0.4 is 10.6 Å². The molecule has 2 N–H and O–H groups in total. The van der Waals surface area contributed by atoms with Crippen molar-refractivity contribution in [1.29, 1.82) is 0 Å². The Labute approximate surface area is 127 Å². The van der Waals surface area contributed by atoms with Gasteiger partial charge in [0.1, 0.15) is 4.99 Å². The van der Waals surface area contributed by atoms with E-state index in [1.165, 1.54) is 0 Å². The second-order valence-corrected chi connectivity index (χ2v) is 8.12. The lowest BCUT2D eigenvalue weighted by Crippen LogP contribution is -2.26. The fourth-order valence-electron chi connectivity index (χ4n) is 2.10. The molecule has 0 spiro atoms. The Hall–Kier alpha value is -0.660. The van der Waals surface area contributed by atoms with Crippen molar-refractivity contribution in [3.05, 3.63) is 28.2 Å². The van der Waals surface area contributed by atoms with Crippen molar-refractivity contribution in [1.82, 2.24) is 0 Å². The van der Waals surface area contributed by atoms with E-state index in [2.05, 4.69) is 20.8 Å². The Morgan fingerprint density at radius 2 is 2.05 bits per heavy atom. The van der Waals surface area contributed by atoms with Gasteiger partial charge in [-0.15, -0.1) is 0 Å². The molecule has 1 aliphatic rings. The maximum absolute atomic E-state index is 11.6. The van der Waals surface area contributed by atoms with Gasteiger partial charge in [0, 0.05) is 28.8 Å². The second kappa shape index (κ2) is 5.76. The van der Waals surface area contributed by atoms with Crippen LogP contribution in [0.1, 0.15) is 12.0 Å². The first-order valence-electron chi connectivity index (χ1n) is 5.94. The highest BCUT2D eigenvalue weighted by atomic mass is 79.9. The molecule has 0 radical (unpaired) electrons. The average Bonchev–Trinajstić information content (AvgIpc) is 2.49. The van der Waals surface area contributed by atoms with Crippen LogP contribution in [-0.4, -0.2) is 38.0 Å². The standard InChI is InChI=1S/C12H15BrN2O2S2/c13-11-8-9(2-3-10(11)12(14)18)15-4-1-6-19(16,17)7-5-15/h2-3,8H,1,4-7H2,(H2,14,18). The first kappa shape index (κ1) is 14.7. The molecule has 7 heteroatoms. The summed E-state index contributed by atoms with van der Waals surface area (Å²) in [6.07, 6.45) is 0.664. The lowest BCUT2D eigenvalue weighted by molar-refractivity contribution is 0.597. The van der Waals surface area contributed by atoms with Crippen LogP contribution in [0.4, 0.5) is 5.69 Å². The summed E-state index contributed by atoms with van der Waals surface area (Å²) in [5.74, 6) is 0.483. The number of sulfone groups is 1. The summed E-state index contributed by atoms with van der Waals surface area (Å²) in [6.45, 7) is 1.28. The zero-order valence-electron chi connectivity index (χ0n) is 10.3. The third-order valence-electron chi connectivity index (χ3n) is 3.14. The predicted molar refractivity (Wildman–Crippen MR) is 85.5 cm³/mol. The molecule has 1 fully saturated rings. The van der Waals surface area contributed by atoms with E-state index < -0.39 is 9.84 Å². The lowest BCUT2D eigenvalue weighted by atomic mass is 10.2. The molecule has 0 amide bonds. The summed E-state index contributed by atoms with van der Waals surface area (Å²) in [6, 6.07) is 5.73. The van der Waals surface area contributed by atoms with Gasteiger partial charge in [0.05, 0.1) is 11.5 Å². The van der Waals surface area contributed by atoms with Gasteiger partial charge in [0.15, 0.2) is 9.84 Å². The number of rotatable bonds is 2. The van der Waals surface area contributed by atoms with Crippen LogP contribution in [0.25, 0.3) is 0 Å². The van der Waals surface area contributed by atoms with E-state index in [0.717, 1.165) is 22.3 Å². The van der Waals surface area contributed by atoms with E-state index in [9.17, 15) is 8.42 Å². The number of benzene rings is 1. The average molecular weight is 363 g/mol. The zero-order valence-corrected chi connectivity index (χ0v) is 13.5. The molecule has 1 aromatic carbocycles. The van der Waals surface area contributed by atoms with E-state index in [4.69, 9.17) is 18.0 Å². The molecule has 0 bridgehead atoms. The molecular weight excluding hydrogens is 348 g/mol. The highest BCUT2D eigenvalue weighted by Gasteiger charge is 2.19. The Morgan fingerprint density at radius 3 is 2.68 bits per heavy atom. The van der Waals surface area contributed by atoms with E-state index in [1.807, 2.05) is 18.2 Å². The van der Waals surface area contributed by atoms with Crippen molar-refractivity contribution in [2.45, 2.75) is 6.42 Å². The molecule has 0 aromatic heterocycles. The maximum atomic E-state index is 11.6. The molecule has 0 atom stereocenters. The van der Waals surface area contributed by atoms with E-state index in [0.29, 0.717) is 18.0 Å². The Balaban J connectivity index is 2.23. The van der Waals surface area contributed by atoms with Gasteiger partial charge in [-0.25, -0.2) is 8.42 Å². The van der Waals surface area contributed by atoms with Gasteiger partial charge in [-0.2, -0.15) is 0 Å². The first-order chi connectivity index (χ1) is 8.89. The van der Waals surface area contributed by atoms with Crippen molar-refractivity contribution in [2.24, 2.45) is 5.73 Å². The van der Waals surface area contributed by atoms with Crippen LogP contribution in [0, 0.1) is 0 Å². The summed E-state index contributed by atoms with van der Waals surface area (Å²) >= 11 is 8.40. The molecule has 0 aliphatic carbocycles. The highest BCUT2D eigenvalue weighted by Crippen LogP contribution is 2.25. The molecule has 2 rings (SSSR count). The monoisotopic (exact) mass is 362 g/mol.